The van der Waals surface area contributed by atoms with E-state index in [1.54, 1.807) is 0 Å². The van der Waals surface area contributed by atoms with Crippen molar-refractivity contribution in [2.75, 3.05) is 16.4 Å². The number of hydrogen-bond donors (Lipinski definition) is 2. The maximum Gasteiger partial charge on any atom is 0.234 e. The molecular weight excluding hydrogens is 340 g/mol. The molecule has 1 amide bonds. The van der Waals surface area contributed by atoms with Crippen LogP contribution in [-0.4, -0.2) is 27.9 Å². The van der Waals surface area contributed by atoms with E-state index >= 15 is 0 Å². The first-order valence-electron chi connectivity index (χ1n) is 8.26. The number of benzene rings is 1. The highest BCUT2D eigenvalue weighted by molar-refractivity contribution is 8.01. The third-order valence-corrected chi connectivity index (χ3v) is 6.00. The summed E-state index contributed by atoms with van der Waals surface area (Å²) in [6, 6.07) is 8.66. The number of hydrogen-bond acceptors (Lipinski definition) is 6. The second-order valence-electron chi connectivity index (χ2n) is 6.06. The van der Waals surface area contributed by atoms with E-state index in [2.05, 4.69) is 46.8 Å². The van der Waals surface area contributed by atoms with Crippen LogP contribution in [0.1, 0.15) is 44.6 Å². The summed E-state index contributed by atoms with van der Waals surface area (Å²) in [6.07, 6.45) is 3.53. The molecule has 128 valence electrons. The van der Waals surface area contributed by atoms with Crippen LogP contribution in [-0.2, 0) is 4.79 Å². The molecule has 1 aliphatic carbocycles. The lowest BCUT2D eigenvalue weighted by Gasteiger charge is -2.10. The molecule has 1 atom stereocenters. The molecule has 1 heterocycles. The molecule has 2 aromatic rings. The van der Waals surface area contributed by atoms with E-state index in [0.717, 1.165) is 21.6 Å². The summed E-state index contributed by atoms with van der Waals surface area (Å²) in [5.74, 6) is 0.856. The Kier molecular flexibility index (Phi) is 5.73. The van der Waals surface area contributed by atoms with E-state index in [-0.39, 0.29) is 5.91 Å². The molecule has 0 aliphatic heterocycles. The first-order valence-corrected chi connectivity index (χ1v) is 10.1. The van der Waals surface area contributed by atoms with Crippen molar-refractivity contribution in [3.05, 3.63) is 29.8 Å². The number of carbonyl (C=O) groups is 1. The summed E-state index contributed by atoms with van der Waals surface area (Å²) >= 11 is 2.93. The molecule has 3 rings (SSSR count). The van der Waals surface area contributed by atoms with E-state index in [9.17, 15) is 4.79 Å². The lowest BCUT2D eigenvalue weighted by Crippen LogP contribution is -2.13. The SMILES string of the molecule is CCC(C)c1ccc(NC(=O)CSc2nnc(NC3CC3)s2)cc1. The topological polar surface area (TPSA) is 66.9 Å². The van der Waals surface area contributed by atoms with E-state index in [1.807, 2.05) is 12.1 Å². The van der Waals surface area contributed by atoms with Gasteiger partial charge in [-0.05, 0) is 42.9 Å². The highest BCUT2D eigenvalue weighted by atomic mass is 32.2. The highest BCUT2D eigenvalue weighted by Gasteiger charge is 2.22. The number of carbonyl (C=O) groups excluding carboxylic acids is 1. The van der Waals surface area contributed by atoms with Crippen LogP contribution in [0.15, 0.2) is 28.6 Å². The third kappa shape index (κ3) is 4.95. The van der Waals surface area contributed by atoms with Gasteiger partial charge in [0.2, 0.25) is 11.0 Å². The first kappa shape index (κ1) is 17.2. The van der Waals surface area contributed by atoms with Gasteiger partial charge >= 0.3 is 0 Å². The summed E-state index contributed by atoms with van der Waals surface area (Å²) in [7, 11) is 0. The summed E-state index contributed by atoms with van der Waals surface area (Å²) < 4.78 is 0.820. The van der Waals surface area contributed by atoms with Gasteiger partial charge in [0.1, 0.15) is 0 Å². The zero-order valence-electron chi connectivity index (χ0n) is 13.9. The van der Waals surface area contributed by atoms with Crippen LogP contribution in [0.2, 0.25) is 0 Å². The van der Waals surface area contributed by atoms with Crippen LogP contribution in [0.3, 0.4) is 0 Å². The average molecular weight is 363 g/mol. The second kappa shape index (κ2) is 7.98. The molecular formula is C17H22N4OS2. The number of anilines is 2. The minimum atomic E-state index is -0.0248. The summed E-state index contributed by atoms with van der Waals surface area (Å²) in [5, 5.41) is 15.3. The predicted octanol–water partition coefficient (Wildman–Crippen LogP) is 4.36. The molecule has 0 radical (unpaired) electrons. The Morgan fingerprint density at radius 2 is 2.08 bits per heavy atom. The van der Waals surface area contributed by atoms with Gasteiger partial charge in [-0.1, -0.05) is 49.1 Å². The Morgan fingerprint density at radius 3 is 2.75 bits per heavy atom. The van der Waals surface area contributed by atoms with Gasteiger partial charge in [0.05, 0.1) is 5.75 Å². The average Bonchev–Trinajstić information content (AvgIpc) is 3.29. The van der Waals surface area contributed by atoms with Crippen molar-refractivity contribution in [2.45, 2.75) is 49.4 Å². The molecule has 0 spiro atoms. The standard InChI is InChI=1S/C17H22N4OS2/c1-3-11(2)12-4-6-13(7-5-12)18-15(22)10-23-17-21-20-16(24-17)19-14-8-9-14/h4-7,11,14H,3,8-10H2,1-2H3,(H,18,22)(H,19,20). The zero-order chi connectivity index (χ0) is 16.9. The third-order valence-electron chi connectivity index (χ3n) is 4.01. The molecule has 1 unspecified atom stereocenters. The Balaban J connectivity index is 1.45. The number of aromatic nitrogens is 2. The number of amides is 1. The molecule has 1 fully saturated rings. The molecule has 7 heteroatoms. The molecule has 1 aromatic heterocycles. The van der Waals surface area contributed by atoms with Crippen LogP contribution in [0.25, 0.3) is 0 Å². The van der Waals surface area contributed by atoms with Gasteiger partial charge in [-0.25, -0.2) is 0 Å². The van der Waals surface area contributed by atoms with Gasteiger partial charge in [-0.2, -0.15) is 0 Å². The van der Waals surface area contributed by atoms with Crippen LogP contribution in [0, 0.1) is 0 Å². The normalized spacial score (nSPS) is 15.1. The maximum atomic E-state index is 12.1. The van der Waals surface area contributed by atoms with Crippen molar-refractivity contribution in [1.29, 1.82) is 0 Å². The molecule has 5 nitrogen and oxygen atoms in total. The van der Waals surface area contributed by atoms with Gasteiger partial charge in [0.15, 0.2) is 4.34 Å². The lowest BCUT2D eigenvalue weighted by atomic mass is 9.99. The summed E-state index contributed by atoms with van der Waals surface area (Å²) in [4.78, 5) is 12.1. The lowest BCUT2D eigenvalue weighted by molar-refractivity contribution is -0.113. The summed E-state index contributed by atoms with van der Waals surface area (Å²) in [6.45, 7) is 4.38. The van der Waals surface area contributed by atoms with Gasteiger partial charge in [-0.15, -0.1) is 10.2 Å². The first-order chi connectivity index (χ1) is 11.6. The number of nitrogens with zero attached hydrogens (tertiary/aromatic N) is 2. The fourth-order valence-corrected chi connectivity index (χ4v) is 3.81. The van der Waals surface area contributed by atoms with Crippen molar-refractivity contribution < 1.29 is 4.79 Å². The van der Waals surface area contributed by atoms with E-state index in [0.29, 0.717) is 17.7 Å². The Labute approximate surface area is 150 Å². The van der Waals surface area contributed by atoms with Crippen LogP contribution >= 0.6 is 23.1 Å². The highest BCUT2D eigenvalue weighted by Crippen LogP contribution is 2.30. The minimum Gasteiger partial charge on any atom is -0.357 e. The second-order valence-corrected chi connectivity index (χ2v) is 8.26. The quantitative estimate of drug-likeness (QED) is 0.683. The molecule has 1 saturated carbocycles. The molecule has 0 saturated heterocycles. The van der Waals surface area contributed by atoms with Crippen molar-refractivity contribution >= 4 is 39.8 Å². The minimum absolute atomic E-state index is 0.0248. The molecule has 1 aliphatic rings. The Hall–Kier alpha value is -1.60. The van der Waals surface area contributed by atoms with Crippen molar-refractivity contribution in [2.24, 2.45) is 0 Å². The van der Waals surface area contributed by atoms with Crippen molar-refractivity contribution in [1.82, 2.24) is 10.2 Å². The van der Waals surface area contributed by atoms with E-state index in [4.69, 9.17) is 0 Å². The van der Waals surface area contributed by atoms with Gasteiger partial charge in [-0.3, -0.25) is 4.79 Å². The molecule has 1 aromatic carbocycles. The largest absolute Gasteiger partial charge is 0.357 e. The van der Waals surface area contributed by atoms with E-state index in [1.165, 1.54) is 41.5 Å². The van der Waals surface area contributed by atoms with E-state index < -0.39 is 0 Å². The van der Waals surface area contributed by atoms with Gasteiger partial charge in [0, 0.05) is 11.7 Å². The Morgan fingerprint density at radius 1 is 1.33 bits per heavy atom. The van der Waals surface area contributed by atoms with Crippen LogP contribution in [0.5, 0.6) is 0 Å². The van der Waals surface area contributed by atoms with Gasteiger partial charge < -0.3 is 10.6 Å². The van der Waals surface area contributed by atoms with Crippen LogP contribution in [0.4, 0.5) is 10.8 Å². The molecule has 24 heavy (non-hydrogen) atoms. The van der Waals surface area contributed by atoms with Crippen molar-refractivity contribution in [3.8, 4) is 0 Å². The predicted molar refractivity (Wildman–Crippen MR) is 101 cm³/mol. The van der Waals surface area contributed by atoms with Gasteiger partial charge in [0.25, 0.3) is 0 Å². The fourth-order valence-electron chi connectivity index (χ4n) is 2.18. The monoisotopic (exact) mass is 362 g/mol. The Bertz CT molecular complexity index is 682. The van der Waals surface area contributed by atoms with Crippen LogP contribution < -0.4 is 10.6 Å². The zero-order valence-corrected chi connectivity index (χ0v) is 15.5. The summed E-state index contributed by atoms with van der Waals surface area (Å²) in [5.41, 5.74) is 2.13. The number of nitrogens with one attached hydrogen (secondary N) is 2. The number of thioether (sulfide) groups is 1. The molecule has 0 bridgehead atoms. The van der Waals surface area contributed by atoms with Crippen molar-refractivity contribution in [3.63, 3.8) is 0 Å². The smallest absolute Gasteiger partial charge is 0.234 e. The maximum absolute atomic E-state index is 12.1. The molecule has 2 N–H and O–H groups in total. The number of rotatable bonds is 8. The fraction of sp³-hybridized carbons (Fsp3) is 0.471.